The molecule has 0 radical (unpaired) electrons. The summed E-state index contributed by atoms with van der Waals surface area (Å²) in [6.07, 6.45) is 2.46. The van der Waals surface area contributed by atoms with Crippen molar-refractivity contribution in [2.75, 3.05) is 0 Å². The predicted octanol–water partition coefficient (Wildman–Crippen LogP) is 11.4. The Labute approximate surface area is 365 Å². The molecule has 0 heterocycles. The van der Waals surface area contributed by atoms with Crippen LogP contribution >= 0.6 is 0 Å². The first-order valence-electron chi connectivity index (χ1n) is 20.3. The number of aryl methyl sites for hydroxylation is 3. The van der Waals surface area contributed by atoms with Crippen LogP contribution in [0.15, 0.2) is 59.7 Å². The van der Waals surface area contributed by atoms with Gasteiger partial charge in [0, 0.05) is 45.7 Å². The highest BCUT2D eigenvalue weighted by atomic mass is 16.2. The molecule has 0 bridgehead atoms. The SMILES string of the molecule is C.C.CC/C(=N\NC(=O)c1cccc(C)c1C)C(C)(C)C.CCC(=O)C(C)(C)C.CCC(NNC(=O)c1cccc(C)c1C)C(C)(C)C.Cc1cccc(C(=O)NN)c1C. The molecule has 0 fully saturated rings. The highest BCUT2D eigenvalue weighted by Gasteiger charge is 2.24. The lowest BCUT2D eigenvalue weighted by molar-refractivity contribution is -0.125. The molecule has 0 saturated carbocycles. The number of hydrazine groups is 2. The van der Waals surface area contributed by atoms with Gasteiger partial charge in [-0.1, -0.05) is 134 Å². The van der Waals surface area contributed by atoms with E-state index in [1.54, 1.807) is 6.07 Å². The number of carbonyl (C=O) groups is 4. The molecular formula is C50H84N6O4. The van der Waals surface area contributed by atoms with E-state index in [1.807, 2.05) is 125 Å². The van der Waals surface area contributed by atoms with E-state index in [2.05, 4.69) is 75.3 Å². The zero-order valence-electron chi connectivity index (χ0n) is 39.1. The van der Waals surface area contributed by atoms with Crippen LogP contribution in [0, 0.1) is 57.8 Å². The molecule has 0 aromatic heterocycles. The van der Waals surface area contributed by atoms with Gasteiger partial charge in [-0.2, -0.15) is 5.10 Å². The average molecular weight is 833 g/mol. The summed E-state index contributed by atoms with van der Waals surface area (Å²) in [5.74, 6) is 4.91. The van der Waals surface area contributed by atoms with Gasteiger partial charge in [-0.05, 0) is 111 Å². The molecule has 338 valence electrons. The van der Waals surface area contributed by atoms with Gasteiger partial charge in [0.05, 0.1) is 0 Å². The molecule has 10 nitrogen and oxygen atoms in total. The second kappa shape index (κ2) is 27.2. The molecule has 3 amide bonds. The number of nitrogens with two attached hydrogens (primary N) is 1. The zero-order chi connectivity index (χ0) is 45.2. The number of Topliss-reactive ketones (excluding diaryl/α,β-unsaturated/α-hetero) is 1. The minimum atomic E-state index is -0.240. The molecule has 1 unspecified atom stereocenters. The Morgan fingerprint density at radius 2 is 0.967 bits per heavy atom. The Balaban J connectivity index is -0.000000748. The summed E-state index contributed by atoms with van der Waals surface area (Å²) in [7, 11) is 0. The van der Waals surface area contributed by atoms with Gasteiger partial charge in [0.15, 0.2) is 0 Å². The monoisotopic (exact) mass is 833 g/mol. The molecule has 3 rings (SSSR count). The summed E-state index contributed by atoms with van der Waals surface area (Å²) < 4.78 is 0. The van der Waals surface area contributed by atoms with E-state index >= 15 is 0 Å². The molecule has 10 heteroatoms. The largest absolute Gasteiger partial charge is 0.299 e. The fraction of sp³-hybridized carbons (Fsp3) is 0.540. The van der Waals surface area contributed by atoms with Crippen LogP contribution < -0.4 is 27.5 Å². The fourth-order valence-electron chi connectivity index (χ4n) is 5.71. The molecule has 3 aromatic rings. The Kier molecular flexibility index (Phi) is 27.1. The number of rotatable bonds is 9. The molecule has 1 atom stereocenters. The van der Waals surface area contributed by atoms with Crippen molar-refractivity contribution in [2.24, 2.45) is 27.2 Å². The van der Waals surface area contributed by atoms with E-state index in [4.69, 9.17) is 5.84 Å². The number of nitrogen functional groups attached to an aromatic ring is 1. The summed E-state index contributed by atoms with van der Waals surface area (Å²) >= 11 is 0. The van der Waals surface area contributed by atoms with Crippen molar-refractivity contribution in [3.63, 3.8) is 0 Å². The van der Waals surface area contributed by atoms with E-state index in [0.717, 1.165) is 57.5 Å². The normalized spacial score (nSPS) is 11.6. The lowest BCUT2D eigenvalue weighted by Crippen LogP contribution is -2.49. The Morgan fingerprint density at radius 1 is 0.583 bits per heavy atom. The average Bonchev–Trinajstić information content (AvgIpc) is 3.14. The smallest absolute Gasteiger partial charge is 0.271 e. The van der Waals surface area contributed by atoms with Crippen LogP contribution in [0.4, 0.5) is 0 Å². The lowest BCUT2D eigenvalue weighted by Gasteiger charge is -2.30. The topological polar surface area (TPSA) is 155 Å². The van der Waals surface area contributed by atoms with Crippen LogP contribution in [0.25, 0.3) is 0 Å². The van der Waals surface area contributed by atoms with Crippen molar-refractivity contribution in [3.05, 3.63) is 105 Å². The van der Waals surface area contributed by atoms with Crippen molar-refractivity contribution in [2.45, 2.75) is 165 Å². The van der Waals surface area contributed by atoms with Crippen LogP contribution in [0.3, 0.4) is 0 Å². The molecule has 0 aliphatic rings. The molecule has 0 aliphatic heterocycles. The number of hydrazone groups is 1. The molecule has 0 saturated heterocycles. The van der Waals surface area contributed by atoms with Gasteiger partial charge in [0.2, 0.25) is 0 Å². The predicted molar refractivity (Wildman–Crippen MR) is 256 cm³/mol. The first-order valence-corrected chi connectivity index (χ1v) is 20.3. The van der Waals surface area contributed by atoms with Gasteiger partial charge < -0.3 is 0 Å². The zero-order valence-corrected chi connectivity index (χ0v) is 39.1. The van der Waals surface area contributed by atoms with Crippen LogP contribution in [0.5, 0.6) is 0 Å². The Hall–Kier alpha value is -4.67. The summed E-state index contributed by atoms with van der Waals surface area (Å²) in [6.45, 7) is 36.5. The van der Waals surface area contributed by atoms with Crippen LogP contribution in [-0.4, -0.2) is 35.3 Å². The molecular weight excluding hydrogens is 749 g/mol. The number of nitrogens with zero attached hydrogens (tertiary/aromatic N) is 1. The standard InChI is InChI=1S/C16H26N2O.C16H24N2O.C9H12N2O.C7H14O.2CH4/c2*1-7-14(16(4,5)6)17-18-15(19)13-10-8-9-11(2)12(13)3;1-6-4-3-5-8(7(6)2)9(12)11-10;1-5-6(8)7(2,3)4;;/h8-10,14,17H,7H2,1-6H3,(H,18,19);8-10H,7H2,1-6H3,(H,18,19);3-5H,10H2,1-2H3,(H,11,12);5H2,1-4H3;2*1H4/b;17-14+;;;;. The summed E-state index contributed by atoms with van der Waals surface area (Å²) in [4.78, 5) is 46.3. The van der Waals surface area contributed by atoms with Crippen LogP contribution in [-0.2, 0) is 4.79 Å². The van der Waals surface area contributed by atoms with E-state index in [9.17, 15) is 19.2 Å². The van der Waals surface area contributed by atoms with Crippen LogP contribution in [0.2, 0.25) is 0 Å². The van der Waals surface area contributed by atoms with Crippen molar-refractivity contribution in [3.8, 4) is 0 Å². The van der Waals surface area contributed by atoms with Crippen molar-refractivity contribution >= 4 is 29.2 Å². The third-order valence-corrected chi connectivity index (χ3v) is 10.1. The van der Waals surface area contributed by atoms with Crippen molar-refractivity contribution in [1.82, 2.24) is 21.7 Å². The number of hydrogen-bond acceptors (Lipinski definition) is 7. The Morgan fingerprint density at radius 3 is 1.25 bits per heavy atom. The first-order chi connectivity index (χ1) is 26.7. The maximum absolute atomic E-state index is 12.2. The third-order valence-electron chi connectivity index (χ3n) is 10.1. The number of nitrogens with one attached hydrogen (secondary N) is 4. The van der Waals surface area contributed by atoms with E-state index in [0.29, 0.717) is 23.3 Å². The Bertz CT molecular complexity index is 1840. The van der Waals surface area contributed by atoms with Crippen LogP contribution in [0.1, 0.15) is 182 Å². The number of hydrogen-bond donors (Lipinski definition) is 5. The van der Waals surface area contributed by atoms with Gasteiger partial charge in [-0.3, -0.25) is 30.0 Å². The summed E-state index contributed by atoms with van der Waals surface area (Å²) in [5.41, 5.74) is 20.1. The highest BCUT2D eigenvalue weighted by molar-refractivity contribution is 5.98. The lowest BCUT2D eigenvalue weighted by atomic mass is 9.86. The molecule has 0 aliphatic carbocycles. The summed E-state index contributed by atoms with van der Waals surface area (Å²) in [6, 6.07) is 17.3. The van der Waals surface area contributed by atoms with E-state index < -0.39 is 0 Å². The van der Waals surface area contributed by atoms with Crippen molar-refractivity contribution in [1.29, 1.82) is 0 Å². The minimum Gasteiger partial charge on any atom is -0.299 e. The van der Waals surface area contributed by atoms with Gasteiger partial charge in [0.25, 0.3) is 17.7 Å². The van der Waals surface area contributed by atoms with Gasteiger partial charge in [0.1, 0.15) is 5.78 Å². The maximum Gasteiger partial charge on any atom is 0.271 e. The second-order valence-electron chi connectivity index (χ2n) is 17.8. The maximum atomic E-state index is 12.2. The van der Waals surface area contributed by atoms with Gasteiger partial charge in [-0.15, -0.1) is 0 Å². The minimum absolute atomic E-state index is 0. The molecule has 60 heavy (non-hydrogen) atoms. The molecule has 6 N–H and O–H groups in total. The number of benzene rings is 3. The van der Waals surface area contributed by atoms with Gasteiger partial charge >= 0.3 is 0 Å². The number of carbonyl (C=O) groups excluding carboxylic acids is 4. The van der Waals surface area contributed by atoms with E-state index in [-0.39, 0.29) is 54.9 Å². The molecule has 3 aromatic carbocycles. The molecule has 0 spiro atoms. The van der Waals surface area contributed by atoms with Gasteiger partial charge in [-0.25, -0.2) is 16.7 Å². The number of ketones is 1. The highest BCUT2D eigenvalue weighted by Crippen LogP contribution is 2.22. The quantitative estimate of drug-likeness (QED) is 0.0626. The third kappa shape index (κ3) is 20.1. The fourth-order valence-corrected chi connectivity index (χ4v) is 5.71. The second-order valence-corrected chi connectivity index (χ2v) is 17.8. The first kappa shape index (κ1) is 59.6. The number of amides is 3. The summed E-state index contributed by atoms with van der Waals surface area (Å²) in [5, 5.41) is 4.28. The van der Waals surface area contributed by atoms with Crippen molar-refractivity contribution < 1.29 is 19.2 Å². The van der Waals surface area contributed by atoms with E-state index in [1.165, 1.54) is 0 Å².